The van der Waals surface area contributed by atoms with Crippen LogP contribution in [0.4, 0.5) is 0 Å². The lowest BCUT2D eigenvalue weighted by molar-refractivity contribution is -0.302. The third kappa shape index (κ3) is 11.7. The van der Waals surface area contributed by atoms with Gasteiger partial charge in [-0.1, -0.05) is 84.0 Å². The first-order valence-corrected chi connectivity index (χ1v) is 12.9. The number of nitrogens with two attached hydrogens (primary N) is 1. The van der Waals surface area contributed by atoms with Crippen LogP contribution < -0.4 is 5.73 Å². The van der Waals surface area contributed by atoms with Gasteiger partial charge < -0.3 is 45.8 Å². The molecule has 8 atom stereocenters. The normalized spacial score (nSPS) is 28.5. The molecule has 8 N–H and O–H groups in total. The van der Waals surface area contributed by atoms with E-state index in [-0.39, 0.29) is 6.61 Å². The van der Waals surface area contributed by atoms with Crippen molar-refractivity contribution < 1.29 is 40.1 Å². The highest BCUT2D eigenvalue weighted by atomic mass is 16.7. The SMILES string of the molecule is CCCCCCCCCCCCCC[C@@H](O)[C@@H](O)[C@@H](N)CO[C@H]1OC(CO)[C@H](O)[C@H](O)C1O. The Kier molecular flexibility index (Phi) is 16.7. The molecule has 0 aromatic rings. The molecule has 0 bridgehead atoms. The summed E-state index contributed by atoms with van der Waals surface area (Å²) in [5.74, 6) is 0. The van der Waals surface area contributed by atoms with Crippen molar-refractivity contribution in [3.63, 3.8) is 0 Å². The summed E-state index contributed by atoms with van der Waals surface area (Å²) in [5, 5.41) is 59.2. The van der Waals surface area contributed by atoms with Gasteiger partial charge in [0.05, 0.1) is 31.5 Å². The minimum Gasteiger partial charge on any atom is -0.394 e. The number of unbranched alkanes of at least 4 members (excludes halogenated alkanes) is 11. The van der Waals surface area contributed by atoms with E-state index >= 15 is 0 Å². The molecule has 9 heteroatoms. The lowest BCUT2D eigenvalue weighted by atomic mass is 9.99. The maximum Gasteiger partial charge on any atom is 0.186 e. The summed E-state index contributed by atoms with van der Waals surface area (Å²) >= 11 is 0. The average molecular weight is 480 g/mol. The second kappa shape index (κ2) is 18.0. The molecule has 198 valence electrons. The molecule has 0 saturated carbocycles. The summed E-state index contributed by atoms with van der Waals surface area (Å²) in [6.45, 7) is 1.44. The molecule has 0 spiro atoms. The van der Waals surface area contributed by atoms with E-state index in [0.29, 0.717) is 6.42 Å². The Labute approximate surface area is 198 Å². The Bertz CT molecular complexity index is 470. The third-order valence-corrected chi connectivity index (χ3v) is 6.49. The second-order valence-electron chi connectivity index (χ2n) is 9.43. The first-order chi connectivity index (χ1) is 15.8. The number of rotatable bonds is 19. The summed E-state index contributed by atoms with van der Waals surface area (Å²) in [6, 6.07) is -0.926. The highest BCUT2D eigenvalue weighted by Crippen LogP contribution is 2.22. The quantitative estimate of drug-likeness (QED) is 0.133. The molecule has 33 heavy (non-hydrogen) atoms. The molecule has 1 aliphatic heterocycles. The van der Waals surface area contributed by atoms with Gasteiger partial charge in [0.1, 0.15) is 24.4 Å². The van der Waals surface area contributed by atoms with Crippen LogP contribution in [0.2, 0.25) is 0 Å². The van der Waals surface area contributed by atoms with Crippen molar-refractivity contribution in [2.24, 2.45) is 5.73 Å². The van der Waals surface area contributed by atoms with Crippen LogP contribution in [-0.4, -0.2) is 92.8 Å². The average Bonchev–Trinajstić information content (AvgIpc) is 2.82. The molecule has 0 aliphatic carbocycles. The molecule has 1 fully saturated rings. The number of aliphatic hydroxyl groups is 6. The van der Waals surface area contributed by atoms with Crippen molar-refractivity contribution in [3.05, 3.63) is 0 Å². The van der Waals surface area contributed by atoms with Gasteiger partial charge in [-0.05, 0) is 6.42 Å². The zero-order valence-corrected chi connectivity index (χ0v) is 20.3. The van der Waals surface area contributed by atoms with E-state index in [2.05, 4.69) is 6.92 Å². The van der Waals surface area contributed by atoms with Gasteiger partial charge in [0.15, 0.2) is 6.29 Å². The van der Waals surface area contributed by atoms with Crippen molar-refractivity contribution in [3.8, 4) is 0 Å². The van der Waals surface area contributed by atoms with E-state index in [1.54, 1.807) is 0 Å². The fourth-order valence-electron chi connectivity index (χ4n) is 4.16. The molecule has 0 radical (unpaired) electrons. The molecule has 0 amide bonds. The summed E-state index contributed by atoms with van der Waals surface area (Å²) in [5.41, 5.74) is 5.91. The Balaban J connectivity index is 2.12. The van der Waals surface area contributed by atoms with Gasteiger partial charge in [-0.2, -0.15) is 0 Å². The second-order valence-corrected chi connectivity index (χ2v) is 9.43. The highest BCUT2D eigenvalue weighted by Gasteiger charge is 2.44. The largest absolute Gasteiger partial charge is 0.394 e. The van der Waals surface area contributed by atoms with Gasteiger partial charge in [-0.25, -0.2) is 0 Å². The minimum atomic E-state index is -1.54. The Morgan fingerprint density at radius 3 is 1.82 bits per heavy atom. The molecule has 1 aliphatic rings. The monoisotopic (exact) mass is 479 g/mol. The smallest absolute Gasteiger partial charge is 0.186 e. The maximum atomic E-state index is 10.3. The molecule has 9 nitrogen and oxygen atoms in total. The van der Waals surface area contributed by atoms with Crippen LogP contribution in [-0.2, 0) is 9.47 Å². The molecule has 1 heterocycles. The molecular formula is C24H49NO8. The number of ether oxygens (including phenoxy) is 2. The van der Waals surface area contributed by atoms with Crippen molar-refractivity contribution in [2.75, 3.05) is 13.2 Å². The van der Waals surface area contributed by atoms with E-state index in [0.717, 1.165) is 19.3 Å². The van der Waals surface area contributed by atoms with Gasteiger partial charge in [0.2, 0.25) is 0 Å². The van der Waals surface area contributed by atoms with Crippen LogP contribution >= 0.6 is 0 Å². The summed E-state index contributed by atoms with van der Waals surface area (Å²) in [7, 11) is 0. The number of aliphatic hydroxyl groups excluding tert-OH is 6. The summed E-state index contributed by atoms with van der Waals surface area (Å²) < 4.78 is 10.6. The fraction of sp³-hybridized carbons (Fsp3) is 1.00. The summed E-state index contributed by atoms with van der Waals surface area (Å²) in [6.07, 6.45) is 5.95. The number of hydrogen-bond donors (Lipinski definition) is 7. The third-order valence-electron chi connectivity index (χ3n) is 6.49. The summed E-state index contributed by atoms with van der Waals surface area (Å²) in [4.78, 5) is 0. The zero-order valence-electron chi connectivity index (χ0n) is 20.3. The highest BCUT2D eigenvalue weighted by molar-refractivity contribution is 4.89. The van der Waals surface area contributed by atoms with E-state index in [1.807, 2.05) is 0 Å². The molecule has 2 unspecified atom stereocenters. The van der Waals surface area contributed by atoms with Gasteiger partial charge in [0, 0.05) is 0 Å². The minimum absolute atomic E-state index is 0.237. The zero-order chi connectivity index (χ0) is 24.6. The van der Waals surface area contributed by atoms with Crippen molar-refractivity contribution in [1.29, 1.82) is 0 Å². The molecule has 0 aromatic carbocycles. The first-order valence-electron chi connectivity index (χ1n) is 12.9. The number of hydrogen-bond acceptors (Lipinski definition) is 9. The van der Waals surface area contributed by atoms with Crippen molar-refractivity contribution in [1.82, 2.24) is 0 Å². The van der Waals surface area contributed by atoms with Crippen LogP contribution in [0.15, 0.2) is 0 Å². The standard InChI is InChI=1S/C24H49NO8/c1-2-3-4-5-6-7-8-9-10-11-12-13-14-18(27)20(28)17(25)16-32-24-23(31)22(30)21(29)19(15-26)33-24/h17-24,26-31H,2-16,25H2,1H3/t17-,18+,19?,20-,21-,22-,23?,24-/m0/s1. The van der Waals surface area contributed by atoms with E-state index < -0.39 is 55.6 Å². The molecule has 0 aromatic heterocycles. The predicted octanol–water partition coefficient (Wildman–Crippen LogP) is 0.943. The Morgan fingerprint density at radius 2 is 1.30 bits per heavy atom. The molecule has 1 saturated heterocycles. The van der Waals surface area contributed by atoms with Crippen LogP contribution in [0.25, 0.3) is 0 Å². The van der Waals surface area contributed by atoms with E-state index in [9.17, 15) is 30.6 Å². The van der Waals surface area contributed by atoms with E-state index in [1.165, 1.54) is 57.8 Å². The van der Waals surface area contributed by atoms with E-state index in [4.69, 9.17) is 15.2 Å². The fourth-order valence-corrected chi connectivity index (χ4v) is 4.16. The van der Waals surface area contributed by atoms with Crippen LogP contribution in [0.5, 0.6) is 0 Å². The van der Waals surface area contributed by atoms with Gasteiger partial charge in [-0.3, -0.25) is 0 Å². The lowest BCUT2D eigenvalue weighted by Gasteiger charge is -2.40. The van der Waals surface area contributed by atoms with Gasteiger partial charge in [0.25, 0.3) is 0 Å². The van der Waals surface area contributed by atoms with Crippen molar-refractivity contribution in [2.45, 2.75) is 139 Å². The van der Waals surface area contributed by atoms with Gasteiger partial charge in [-0.15, -0.1) is 0 Å². The Morgan fingerprint density at radius 1 is 0.788 bits per heavy atom. The van der Waals surface area contributed by atoms with Crippen molar-refractivity contribution >= 4 is 0 Å². The van der Waals surface area contributed by atoms with Crippen LogP contribution in [0.3, 0.4) is 0 Å². The topological polar surface area (TPSA) is 166 Å². The molecule has 1 rings (SSSR count). The van der Waals surface area contributed by atoms with Crippen LogP contribution in [0, 0.1) is 0 Å². The lowest BCUT2D eigenvalue weighted by Crippen LogP contribution is -2.60. The Hall–Kier alpha value is -0.360. The van der Waals surface area contributed by atoms with Gasteiger partial charge >= 0.3 is 0 Å². The van der Waals surface area contributed by atoms with Crippen LogP contribution in [0.1, 0.15) is 90.4 Å². The predicted molar refractivity (Wildman–Crippen MR) is 125 cm³/mol. The molecular weight excluding hydrogens is 430 g/mol. The maximum absolute atomic E-state index is 10.3. The first kappa shape index (κ1) is 30.7.